The van der Waals surface area contributed by atoms with Crippen LogP contribution in [0, 0.1) is 18.3 Å². The summed E-state index contributed by atoms with van der Waals surface area (Å²) < 4.78 is 0. The molecule has 1 N–H and O–H groups in total. The van der Waals surface area contributed by atoms with E-state index in [-0.39, 0.29) is 6.42 Å². The minimum absolute atomic E-state index is 0.247. The number of carboxylic acid groups (broad SMARTS) is 1. The second-order valence-electron chi connectivity index (χ2n) is 3.17. The molecule has 0 atom stereocenters. The van der Waals surface area contributed by atoms with Crippen molar-refractivity contribution in [1.29, 1.82) is 5.26 Å². The zero-order chi connectivity index (χ0) is 11.4. The van der Waals surface area contributed by atoms with E-state index < -0.39 is 5.97 Å². The molecule has 0 saturated carbocycles. The number of benzene rings is 1. The Balaban J connectivity index is 3.29. The van der Waals surface area contributed by atoms with E-state index >= 15 is 0 Å². The number of carbonyl (C=O) groups excluding carboxylic acids is 1. The van der Waals surface area contributed by atoms with Crippen molar-refractivity contribution in [3.05, 3.63) is 34.4 Å². The molecule has 0 amide bonds. The number of aryl methyl sites for hydroxylation is 1. The molecule has 0 unspecified atom stereocenters. The molecule has 1 rings (SSSR count). The van der Waals surface area contributed by atoms with Gasteiger partial charge in [-0.05, 0) is 30.2 Å². The maximum absolute atomic E-state index is 10.7. The normalized spacial score (nSPS) is 9.33. The Kier molecular flexibility index (Phi) is 3.19. The fraction of sp³-hybridized carbons (Fsp3) is 0.182. The van der Waals surface area contributed by atoms with Crippen LogP contribution >= 0.6 is 0 Å². The maximum Gasteiger partial charge on any atom is 0.307 e. The summed E-state index contributed by atoms with van der Waals surface area (Å²) in [4.78, 5) is 21.2. The number of nitrogens with zero attached hydrogens (tertiary/aromatic N) is 1. The minimum atomic E-state index is -1.02. The highest BCUT2D eigenvalue weighted by atomic mass is 16.4. The van der Waals surface area contributed by atoms with Crippen molar-refractivity contribution in [3.63, 3.8) is 0 Å². The second kappa shape index (κ2) is 4.38. The lowest BCUT2D eigenvalue weighted by molar-refractivity contribution is -0.136. The monoisotopic (exact) mass is 203 g/mol. The quantitative estimate of drug-likeness (QED) is 0.751. The Bertz CT molecular complexity index is 458. The third-order valence-corrected chi connectivity index (χ3v) is 2.08. The Morgan fingerprint density at radius 2 is 2.27 bits per heavy atom. The first kappa shape index (κ1) is 10.9. The van der Waals surface area contributed by atoms with Gasteiger partial charge in [-0.2, -0.15) is 5.26 Å². The van der Waals surface area contributed by atoms with Gasteiger partial charge in [0.2, 0.25) is 0 Å². The first-order valence-electron chi connectivity index (χ1n) is 4.29. The molecule has 0 fully saturated rings. The van der Waals surface area contributed by atoms with Gasteiger partial charge in [-0.1, -0.05) is 0 Å². The minimum Gasteiger partial charge on any atom is -0.481 e. The molecule has 0 radical (unpaired) electrons. The molecule has 0 aliphatic carbocycles. The van der Waals surface area contributed by atoms with Crippen LogP contribution in [0.25, 0.3) is 0 Å². The zero-order valence-corrected chi connectivity index (χ0v) is 8.15. The molecule has 76 valence electrons. The summed E-state index contributed by atoms with van der Waals surface area (Å²) in [5, 5.41) is 17.4. The lowest BCUT2D eigenvalue weighted by Gasteiger charge is -2.04. The van der Waals surface area contributed by atoms with Gasteiger partial charge in [0, 0.05) is 5.56 Å². The Morgan fingerprint density at radius 1 is 1.60 bits per heavy atom. The van der Waals surface area contributed by atoms with Crippen LogP contribution in [0.4, 0.5) is 0 Å². The van der Waals surface area contributed by atoms with E-state index in [1.807, 2.05) is 6.07 Å². The van der Waals surface area contributed by atoms with Crippen LogP contribution in [-0.4, -0.2) is 17.4 Å². The average Bonchev–Trinajstić information content (AvgIpc) is 2.19. The fourth-order valence-corrected chi connectivity index (χ4v) is 1.32. The van der Waals surface area contributed by atoms with Gasteiger partial charge in [0.1, 0.15) is 6.29 Å². The predicted octanol–water partition coefficient (Wildman–Crippen LogP) is 1.31. The molecular formula is C11H9NO3. The van der Waals surface area contributed by atoms with E-state index in [0.717, 1.165) is 0 Å². The van der Waals surface area contributed by atoms with Crippen LogP contribution in [0.5, 0.6) is 0 Å². The lowest BCUT2D eigenvalue weighted by Crippen LogP contribution is -2.04. The fourth-order valence-electron chi connectivity index (χ4n) is 1.32. The number of carbonyl (C=O) groups is 2. The van der Waals surface area contributed by atoms with E-state index in [1.54, 1.807) is 6.92 Å². The van der Waals surface area contributed by atoms with Gasteiger partial charge >= 0.3 is 5.97 Å². The number of hydrogen-bond acceptors (Lipinski definition) is 3. The van der Waals surface area contributed by atoms with Crippen LogP contribution in [0.3, 0.4) is 0 Å². The Hall–Kier alpha value is -2.15. The number of carboxylic acids is 1. The Morgan fingerprint density at radius 3 is 2.73 bits per heavy atom. The highest BCUT2D eigenvalue weighted by Gasteiger charge is 2.09. The topological polar surface area (TPSA) is 78.2 Å². The smallest absolute Gasteiger partial charge is 0.307 e. The van der Waals surface area contributed by atoms with Gasteiger partial charge in [0.25, 0.3) is 0 Å². The van der Waals surface area contributed by atoms with Crippen molar-refractivity contribution in [2.75, 3.05) is 0 Å². The molecule has 0 aromatic heterocycles. The third-order valence-electron chi connectivity index (χ3n) is 2.08. The molecule has 0 spiro atoms. The SMILES string of the molecule is Cc1cc(C=O)c(CC(=O)O)cc1C#N. The molecule has 15 heavy (non-hydrogen) atoms. The summed E-state index contributed by atoms with van der Waals surface area (Å²) in [6.07, 6.45) is 0.357. The molecular weight excluding hydrogens is 194 g/mol. The molecule has 4 nitrogen and oxygen atoms in total. The largest absolute Gasteiger partial charge is 0.481 e. The van der Waals surface area contributed by atoms with E-state index in [9.17, 15) is 9.59 Å². The van der Waals surface area contributed by atoms with Gasteiger partial charge in [-0.15, -0.1) is 0 Å². The van der Waals surface area contributed by atoms with Gasteiger partial charge in [-0.25, -0.2) is 0 Å². The van der Waals surface area contributed by atoms with Crippen LogP contribution in [-0.2, 0) is 11.2 Å². The number of nitriles is 1. The summed E-state index contributed by atoms with van der Waals surface area (Å²) in [6.45, 7) is 1.70. The summed E-state index contributed by atoms with van der Waals surface area (Å²) in [6, 6.07) is 4.93. The maximum atomic E-state index is 10.7. The van der Waals surface area contributed by atoms with Crippen molar-refractivity contribution in [2.24, 2.45) is 0 Å². The summed E-state index contributed by atoms with van der Waals surface area (Å²) in [7, 11) is 0. The number of aldehydes is 1. The first-order valence-corrected chi connectivity index (χ1v) is 4.29. The van der Waals surface area contributed by atoms with Gasteiger partial charge in [-0.3, -0.25) is 9.59 Å². The van der Waals surface area contributed by atoms with Crippen molar-refractivity contribution in [2.45, 2.75) is 13.3 Å². The zero-order valence-electron chi connectivity index (χ0n) is 8.15. The second-order valence-corrected chi connectivity index (χ2v) is 3.17. The van der Waals surface area contributed by atoms with Crippen LogP contribution in [0.15, 0.2) is 12.1 Å². The highest BCUT2D eigenvalue weighted by molar-refractivity contribution is 5.82. The Labute approximate surface area is 86.8 Å². The lowest BCUT2D eigenvalue weighted by atomic mass is 9.98. The predicted molar refractivity (Wildman–Crippen MR) is 52.6 cm³/mol. The summed E-state index contributed by atoms with van der Waals surface area (Å²) in [5.41, 5.74) is 1.78. The van der Waals surface area contributed by atoms with E-state index in [4.69, 9.17) is 10.4 Å². The average molecular weight is 203 g/mol. The summed E-state index contributed by atoms with van der Waals surface area (Å²) in [5.74, 6) is -1.02. The molecule has 1 aromatic rings. The molecule has 0 heterocycles. The van der Waals surface area contributed by atoms with Gasteiger partial charge in [0.15, 0.2) is 0 Å². The van der Waals surface area contributed by atoms with Crippen LogP contribution in [0.2, 0.25) is 0 Å². The summed E-state index contributed by atoms with van der Waals surface area (Å²) >= 11 is 0. The molecule has 1 aromatic carbocycles. The van der Waals surface area contributed by atoms with E-state index in [0.29, 0.717) is 28.5 Å². The van der Waals surface area contributed by atoms with Gasteiger partial charge in [0.05, 0.1) is 18.1 Å². The van der Waals surface area contributed by atoms with Crippen LogP contribution in [0.1, 0.15) is 27.0 Å². The van der Waals surface area contributed by atoms with Crippen molar-refractivity contribution in [1.82, 2.24) is 0 Å². The van der Waals surface area contributed by atoms with Crippen LogP contribution < -0.4 is 0 Å². The standard InChI is InChI=1S/C11H9NO3/c1-7-2-10(6-13)8(4-11(14)15)3-9(7)5-12/h2-3,6H,4H2,1H3,(H,14,15). The molecule has 4 heteroatoms. The van der Waals surface area contributed by atoms with E-state index in [1.165, 1.54) is 12.1 Å². The molecule has 0 saturated heterocycles. The van der Waals surface area contributed by atoms with Crippen molar-refractivity contribution < 1.29 is 14.7 Å². The third kappa shape index (κ3) is 2.41. The first-order chi connectivity index (χ1) is 7.08. The van der Waals surface area contributed by atoms with Crippen molar-refractivity contribution in [3.8, 4) is 6.07 Å². The van der Waals surface area contributed by atoms with Gasteiger partial charge < -0.3 is 5.11 Å². The molecule has 0 aliphatic rings. The number of aliphatic carboxylic acids is 1. The van der Waals surface area contributed by atoms with Crippen molar-refractivity contribution >= 4 is 12.3 Å². The number of rotatable bonds is 3. The molecule has 0 bridgehead atoms. The number of hydrogen-bond donors (Lipinski definition) is 1. The highest BCUT2D eigenvalue weighted by Crippen LogP contribution is 2.15. The molecule has 0 aliphatic heterocycles. The van der Waals surface area contributed by atoms with E-state index in [2.05, 4.69) is 0 Å².